The van der Waals surface area contributed by atoms with Gasteiger partial charge in [-0.3, -0.25) is 0 Å². The minimum atomic E-state index is -0.461. The van der Waals surface area contributed by atoms with Gasteiger partial charge in [0.05, 0.1) is 19.8 Å². The van der Waals surface area contributed by atoms with E-state index >= 15 is 0 Å². The lowest BCUT2D eigenvalue weighted by molar-refractivity contribution is 0.306. The minimum Gasteiger partial charge on any atom is -0.493 e. The van der Waals surface area contributed by atoms with Crippen LogP contribution in [0.4, 0.5) is 0 Å². The van der Waals surface area contributed by atoms with Gasteiger partial charge < -0.3 is 18.6 Å². The highest BCUT2D eigenvalue weighted by Gasteiger charge is 2.12. The van der Waals surface area contributed by atoms with Crippen molar-refractivity contribution in [2.24, 2.45) is 0 Å². The Labute approximate surface area is 188 Å². The van der Waals surface area contributed by atoms with Crippen molar-refractivity contribution in [2.75, 3.05) is 14.2 Å². The Morgan fingerprint density at radius 2 is 1.68 bits per heavy atom. The van der Waals surface area contributed by atoms with E-state index < -0.39 is 5.63 Å². The standard InChI is InChI=1S/C24H18Cl2O5/c1-28-21-8-5-14(10-23(21)29-2)19-9-15-4-7-18(12-22(15)31-24(19)27)30-13-16-3-6-17(25)11-20(16)26/h3-12H,13H2,1-2H3. The molecule has 7 heteroatoms. The highest BCUT2D eigenvalue weighted by molar-refractivity contribution is 6.35. The third-order valence-corrected chi connectivity index (χ3v) is 5.40. The fraction of sp³-hybridized carbons (Fsp3) is 0.125. The van der Waals surface area contributed by atoms with Crippen molar-refractivity contribution in [3.63, 3.8) is 0 Å². The molecule has 0 aliphatic heterocycles. The summed E-state index contributed by atoms with van der Waals surface area (Å²) in [5, 5.41) is 1.85. The van der Waals surface area contributed by atoms with E-state index in [0.717, 1.165) is 10.9 Å². The van der Waals surface area contributed by atoms with E-state index in [-0.39, 0.29) is 6.61 Å². The second kappa shape index (κ2) is 8.92. The molecule has 0 fully saturated rings. The van der Waals surface area contributed by atoms with Gasteiger partial charge in [0.25, 0.3) is 0 Å². The lowest BCUT2D eigenvalue weighted by Crippen LogP contribution is -2.03. The van der Waals surface area contributed by atoms with Crippen LogP contribution >= 0.6 is 23.2 Å². The number of fused-ring (bicyclic) bond motifs is 1. The molecule has 0 aliphatic rings. The van der Waals surface area contributed by atoms with Crippen LogP contribution in [0.25, 0.3) is 22.1 Å². The molecule has 0 saturated carbocycles. The Kier molecular flexibility index (Phi) is 6.07. The van der Waals surface area contributed by atoms with E-state index in [4.69, 9.17) is 41.8 Å². The van der Waals surface area contributed by atoms with Gasteiger partial charge in [0.2, 0.25) is 0 Å². The Hall–Kier alpha value is -3.15. The largest absolute Gasteiger partial charge is 0.493 e. The SMILES string of the molecule is COc1ccc(-c2cc3ccc(OCc4ccc(Cl)cc4Cl)cc3oc2=O)cc1OC. The molecule has 0 radical (unpaired) electrons. The van der Waals surface area contributed by atoms with Gasteiger partial charge in [-0.2, -0.15) is 0 Å². The Bertz CT molecular complexity index is 1310. The number of halogens is 2. The molecule has 4 aromatic rings. The number of hydrogen-bond acceptors (Lipinski definition) is 5. The highest BCUT2D eigenvalue weighted by atomic mass is 35.5. The zero-order valence-electron chi connectivity index (χ0n) is 16.8. The molecular weight excluding hydrogens is 439 g/mol. The summed E-state index contributed by atoms with van der Waals surface area (Å²) in [6, 6.07) is 17.6. The van der Waals surface area contributed by atoms with E-state index in [2.05, 4.69) is 0 Å². The maximum atomic E-state index is 12.6. The number of benzene rings is 3. The molecule has 0 spiro atoms. The maximum absolute atomic E-state index is 12.6. The lowest BCUT2D eigenvalue weighted by Gasteiger charge is -2.10. The van der Waals surface area contributed by atoms with E-state index in [1.165, 1.54) is 0 Å². The molecule has 1 aromatic heterocycles. The Morgan fingerprint density at radius 1 is 0.871 bits per heavy atom. The summed E-state index contributed by atoms with van der Waals surface area (Å²) in [6.07, 6.45) is 0. The van der Waals surface area contributed by atoms with Crippen molar-refractivity contribution in [1.82, 2.24) is 0 Å². The zero-order chi connectivity index (χ0) is 22.0. The third-order valence-electron chi connectivity index (χ3n) is 4.81. The lowest BCUT2D eigenvalue weighted by atomic mass is 10.1. The first kappa shape index (κ1) is 21.1. The summed E-state index contributed by atoms with van der Waals surface area (Å²) >= 11 is 12.1. The number of ether oxygens (including phenoxy) is 3. The van der Waals surface area contributed by atoms with Crippen LogP contribution in [0.2, 0.25) is 10.0 Å². The summed E-state index contributed by atoms with van der Waals surface area (Å²) < 4.78 is 22.0. The van der Waals surface area contributed by atoms with Gasteiger partial charge in [-0.15, -0.1) is 0 Å². The molecule has 3 aromatic carbocycles. The molecular formula is C24H18Cl2O5. The second-order valence-electron chi connectivity index (χ2n) is 6.74. The fourth-order valence-corrected chi connectivity index (χ4v) is 3.65. The highest BCUT2D eigenvalue weighted by Crippen LogP contribution is 2.32. The Balaban J connectivity index is 1.63. The van der Waals surface area contributed by atoms with Crippen LogP contribution in [0.15, 0.2) is 69.9 Å². The van der Waals surface area contributed by atoms with Gasteiger partial charge in [-0.25, -0.2) is 4.79 Å². The van der Waals surface area contributed by atoms with Crippen LogP contribution in [-0.4, -0.2) is 14.2 Å². The van der Waals surface area contributed by atoms with Gasteiger partial charge in [0.1, 0.15) is 17.9 Å². The molecule has 0 saturated heterocycles. The predicted octanol–water partition coefficient (Wildman–Crippen LogP) is 6.36. The van der Waals surface area contributed by atoms with Crippen LogP contribution in [0.1, 0.15) is 5.56 Å². The van der Waals surface area contributed by atoms with E-state index in [1.807, 2.05) is 12.1 Å². The molecule has 1 heterocycles. The number of rotatable bonds is 6. The van der Waals surface area contributed by atoms with Crippen molar-refractivity contribution >= 4 is 34.2 Å². The molecule has 0 N–H and O–H groups in total. The van der Waals surface area contributed by atoms with Crippen LogP contribution in [0, 0.1) is 0 Å². The molecule has 0 aliphatic carbocycles. The van der Waals surface area contributed by atoms with Crippen molar-refractivity contribution in [3.8, 4) is 28.4 Å². The monoisotopic (exact) mass is 456 g/mol. The van der Waals surface area contributed by atoms with Gasteiger partial charge in [-0.1, -0.05) is 35.3 Å². The number of hydrogen-bond donors (Lipinski definition) is 0. The molecule has 0 bridgehead atoms. The normalized spacial score (nSPS) is 10.8. The van der Waals surface area contributed by atoms with Crippen LogP contribution in [0.5, 0.6) is 17.2 Å². The van der Waals surface area contributed by atoms with Gasteiger partial charge >= 0.3 is 5.63 Å². The van der Waals surface area contributed by atoms with Crippen molar-refractivity contribution in [3.05, 3.63) is 86.7 Å². The molecule has 31 heavy (non-hydrogen) atoms. The van der Waals surface area contributed by atoms with E-state index in [0.29, 0.717) is 44.0 Å². The first-order chi connectivity index (χ1) is 15.0. The third kappa shape index (κ3) is 4.48. The molecule has 0 atom stereocenters. The molecule has 0 unspecified atom stereocenters. The van der Waals surface area contributed by atoms with Crippen molar-refractivity contribution in [1.29, 1.82) is 0 Å². The fourth-order valence-electron chi connectivity index (χ4n) is 3.19. The average Bonchev–Trinajstić information content (AvgIpc) is 2.77. The van der Waals surface area contributed by atoms with Gasteiger partial charge in [0, 0.05) is 27.1 Å². The van der Waals surface area contributed by atoms with Crippen molar-refractivity contribution < 1.29 is 18.6 Å². The molecule has 0 amide bonds. The second-order valence-corrected chi connectivity index (χ2v) is 7.58. The summed E-state index contributed by atoms with van der Waals surface area (Å²) in [7, 11) is 3.10. The summed E-state index contributed by atoms with van der Waals surface area (Å²) in [6.45, 7) is 0.259. The molecule has 158 valence electrons. The van der Waals surface area contributed by atoms with Gasteiger partial charge in [-0.05, 0) is 48.0 Å². The predicted molar refractivity (Wildman–Crippen MR) is 122 cm³/mol. The quantitative estimate of drug-likeness (QED) is 0.315. The minimum absolute atomic E-state index is 0.259. The molecule has 5 nitrogen and oxygen atoms in total. The summed E-state index contributed by atoms with van der Waals surface area (Å²) in [5.74, 6) is 1.67. The summed E-state index contributed by atoms with van der Waals surface area (Å²) in [4.78, 5) is 12.6. The zero-order valence-corrected chi connectivity index (χ0v) is 18.3. The van der Waals surface area contributed by atoms with Crippen molar-refractivity contribution in [2.45, 2.75) is 6.61 Å². The van der Waals surface area contributed by atoms with Crippen LogP contribution in [0.3, 0.4) is 0 Å². The maximum Gasteiger partial charge on any atom is 0.344 e. The Morgan fingerprint density at radius 3 is 2.42 bits per heavy atom. The first-order valence-electron chi connectivity index (χ1n) is 9.35. The number of methoxy groups -OCH3 is 2. The average molecular weight is 457 g/mol. The van der Waals surface area contributed by atoms with Crippen LogP contribution in [-0.2, 0) is 6.61 Å². The van der Waals surface area contributed by atoms with E-state index in [9.17, 15) is 4.79 Å². The topological polar surface area (TPSA) is 57.9 Å². The first-order valence-corrected chi connectivity index (χ1v) is 10.1. The van der Waals surface area contributed by atoms with Gasteiger partial charge in [0.15, 0.2) is 11.5 Å². The molecule has 4 rings (SSSR count). The van der Waals surface area contributed by atoms with E-state index in [1.54, 1.807) is 62.8 Å². The summed E-state index contributed by atoms with van der Waals surface area (Å²) in [5.41, 5.74) is 1.86. The smallest absolute Gasteiger partial charge is 0.344 e. The van der Waals surface area contributed by atoms with Crippen LogP contribution < -0.4 is 19.8 Å².